The van der Waals surface area contributed by atoms with Crippen LogP contribution < -0.4 is 10.6 Å². The van der Waals surface area contributed by atoms with Gasteiger partial charge < -0.3 is 10.6 Å². The number of hydrogen-bond acceptors (Lipinski definition) is 3. The third kappa shape index (κ3) is 3.64. The monoisotopic (exact) mass is 292 g/mol. The van der Waals surface area contributed by atoms with Gasteiger partial charge in [-0.1, -0.05) is 13.8 Å². The number of nitrogens with one attached hydrogen (secondary N) is 2. The maximum Gasteiger partial charge on any atom is 0.223 e. The number of piperidine rings is 1. The van der Waals surface area contributed by atoms with Crippen molar-refractivity contribution in [3.8, 4) is 0 Å². The predicted molar refractivity (Wildman–Crippen MR) is 84.1 cm³/mol. The molecule has 3 atom stereocenters. The van der Waals surface area contributed by atoms with E-state index in [4.69, 9.17) is 0 Å². The van der Waals surface area contributed by atoms with Gasteiger partial charge in [-0.25, -0.2) is 0 Å². The van der Waals surface area contributed by atoms with Gasteiger partial charge in [-0.15, -0.1) is 0 Å². The van der Waals surface area contributed by atoms with Crippen LogP contribution in [0.5, 0.6) is 0 Å². The molecule has 0 spiro atoms. The Kier molecular flexibility index (Phi) is 5.04. The SMILES string of the molecule is Cc1nn(C)c(C)c1CC(C)C(=O)NC1CCNCC1C. The largest absolute Gasteiger partial charge is 0.353 e. The minimum atomic E-state index is -0.0197. The number of amides is 1. The molecule has 1 fully saturated rings. The van der Waals surface area contributed by atoms with Crippen LogP contribution >= 0.6 is 0 Å². The second-order valence-corrected chi connectivity index (χ2v) is 6.46. The first-order valence-electron chi connectivity index (χ1n) is 7.90. The molecule has 2 rings (SSSR count). The van der Waals surface area contributed by atoms with Crippen LogP contribution in [0.25, 0.3) is 0 Å². The fourth-order valence-electron chi connectivity index (χ4n) is 3.07. The van der Waals surface area contributed by atoms with Gasteiger partial charge in [0.2, 0.25) is 5.91 Å². The zero-order valence-corrected chi connectivity index (χ0v) is 13.9. The van der Waals surface area contributed by atoms with Crippen molar-refractivity contribution in [1.82, 2.24) is 20.4 Å². The number of carbonyl (C=O) groups is 1. The van der Waals surface area contributed by atoms with E-state index in [0.29, 0.717) is 12.0 Å². The van der Waals surface area contributed by atoms with E-state index in [-0.39, 0.29) is 11.8 Å². The molecule has 5 heteroatoms. The highest BCUT2D eigenvalue weighted by Crippen LogP contribution is 2.18. The second kappa shape index (κ2) is 6.60. The molecule has 21 heavy (non-hydrogen) atoms. The summed E-state index contributed by atoms with van der Waals surface area (Å²) in [5.41, 5.74) is 3.39. The maximum atomic E-state index is 12.4. The molecule has 2 heterocycles. The molecule has 0 aromatic carbocycles. The molecule has 0 aliphatic carbocycles. The van der Waals surface area contributed by atoms with Gasteiger partial charge in [-0.2, -0.15) is 5.10 Å². The molecule has 0 radical (unpaired) electrons. The van der Waals surface area contributed by atoms with Crippen LogP contribution in [0.15, 0.2) is 0 Å². The van der Waals surface area contributed by atoms with Gasteiger partial charge in [0.25, 0.3) is 0 Å². The standard InChI is InChI=1S/C16H28N4O/c1-10(8-14-12(3)19-20(5)13(14)4)16(21)18-15-6-7-17-9-11(15)2/h10-11,15,17H,6-9H2,1-5H3,(H,18,21). The van der Waals surface area contributed by atoms with Crippen LogP contribution in [0.1, 0.15) is 37.2 Å². The molecule has 1 amide bonds. The molecular weight excluding hydrogens is 264 g/mol. The first-order chi connectivity index (χ1) is 9.90. The molecule has 0 saturated carbocycles. The van der Waals surface area contributed by atoms with Crippen molar-refractivity contribution in [2.24, 2.45) is 18.9 Å². The summed E-state index contributed by atoms with van der Waals surface area (Å²) in [5, 5.41) is 11.0. The number of carbonyl (C=O) groups excluding carboxylic acids is 1. The molecule has 1 aromatic rings. The maximum absolute atomic E-state index is 12.4. The van der Waals surface area contributed by atoms with Gasteiger partial charge in [0.05, 0.1) is 5.69 Å². The lowest BCUT2D eigenvalue weighted by molar-refractivity contribution is -0.125. The first-order valence-corrected chi connectivity index (χ1v) is 7.90. The first kappa shape index (κ1) is 16.0. The number of nitrogens with zero attached hydrogens (tertiary/aromatic N) is 2. The van der Waals surface area contributed by atoms with Gasteiger partial charge >= 0.3 is 0 Å². The summed E-state index contributed by atoms with van der Waals surface area (Å²) in [5.74, 6) is 0.641. The third-order valence-electron chi connectivity index (χ3n) is 4.73. The number of aryl methyl sites for hydroxylation is 2. The smallest absolute Gasteiger partial charge is 0.223 e. The molecule has 5 nitrogen and oxygen atoms in total. The Morgan fingerprint density at radius 2 is 2.24 bits per heavy atom. The van der Waals surface area contributed by atoms with Crippen molar-refractivity contribution in [2.75, 3.05) is 13.1 Å². The van der Waals surface area contributed by atoms with Crippen LogP contribution in [0.4, 0.5) is 0 Å². The number of hydrogen-bond donors (Lipinski definition) is 2. The van der Waals surface area contributed by atoms with Crippen molar-refractivity contribution in [1.29, 1.82) is 0 Å². The molecule has 0 bridgehead atoms. The van der Waals surface area contributed by atoms with E-state index in [1.54, 1.807) is 0 Å². The summed E-state index contributed by atoms with van der Waals surface area (Å²) in [4.78, 5) is 12.4. The molecule has 1 aliphatic heterocycles. The summed E-state index contributed by atoms with van der Waals surface area (Å²) in [6.45, 7) is 10.3. The molecule has 1 saturated heterocycles. The molecule has 1 aromatic heterocycles. The fourth-order valence-corrected chi connectivity index (χ4v) is 3.07. The van der Waals surface area contributed by atoms with Crippen molar-refractivity contribution in [2.45, 2.75) is 46.6 Å². The van der Waals surface area contributed by atoms with Crippen LogP contribution in [0.3, 0.4) is 0 Å². The lowest BCUT2D eigenvalue weighted by Gasteiger charge is -2.31. The highest BCUT2D eigenvalue weighted by atomic mass is 16.1. The van der Waals surface area contributed by atoms with E-state index in [0.717, 1.165) is 37.3 Å². The summed E-state index contributed by atoms with van der Waals surface area (Å²) in [6.07, 6.45) is 1.78. The highest BCUT2D eigenvalue weighted by Gasteiger charge is 2.25. The fraction of sp³-hybridized carbons (Fsp3) is 0.750. The van der Waals surface area contributed by atoms with Gasteiger partial charge in [-0.05, 0) is 51.3 Å². The van der Waals surface area contributed by atoms with E-state index >= 15 is 0 Å². The minimum Gasteiger partial charge on any atom is -0.353 e. The van der Waals surface area contributed by atoms with Gasteiger partial charge in [0, 0.05) is 24.7 Å². The van der Waals surface area contributed by atoms with E-state index in [9.17, 15) is 4.79 Å². The van der Waals surface area contributed by atoms with Crippen molar-refractivity contribution in [3.63, 3.8) is 0 Å². The predicted octanol–water partition coefficient (Wildman–Crippen LogP) is 1.33. The van der Waals surface area contributed by atoms with Crippen LogP contribution in [-0.2, 0) is 18.3 Å². The summed E-state index contributed by atoms with van der Waals surface area (Å²) >= 11 is 0. The Balaban J connectivity index is 1.96. The second-order valence-electron chi connectivity index (χ2n) is 6.46. The molecule has 1 aliphatic rings. The zero-order chi connectivity index (χ0) is 15.6. The Morgan fingerprint density at radius 3 is 2.81 bits per heavy atom. The van der Waals surface area contributed by atoms with Gasteiger partial charge in [0.15, 0.2) is 0 Å². The lowest BCUT2D eigenvalue weighted by atomic mass is 9.93. The quantitative estimate of drug-likeness (QED) is 0.880. The highest BCUT2D eigenvalue weighted by molar-refractivity contribution is 5.79. The van der Waals surface area contributed by atoms with Crippen molar-refractivity contribution >= 4 is 5.91 Å². The topological polar surface area (TPSA) is 59.0 Å². The summed E-state index contributed by atoms with van der Waals surface area (Å²) in [6, 6.07) is 0.303. The average molecular weight is 292 g/mol. The van der Waals surface area contributed by atoms with E-state index in [1.165, 1.54) is 5.56 Å². The number of aromatic nitrogens is 2. The Bertz CT molecular complexity index is 509. The van der Waals surface area contributed by atoms with Crippen LogP contribution in [0.2, 0.25) is 0 Å². The summed E-state index contributed by atoms with van der Waals surface area (Å²) in [7, 11) is 1.95. The van der Waals surface area contributed by atoms with E-state index in [1.807, 2.05) is 25.6 Å². The van der Waals surface area contributed by atoms with E-state index in [2.05, 4.69) is 29.6 Å². The Hall–Kier alpha value is -1.36. The van der Waals surface area contributed by atoms with Crippen molar-refractivity contribution < 1.29 is 4.79 Å². The van der Waals surface area contributed by atoms with Gasteiger partial charge in [-0.3, -0.25) is 9.48 Å². The number of rotatable bonds is 4. The normalized spacial score (nSPS) is 23.9. The molecule has 3 unspecified atom stereocenters. The zero-order valence-electron chi connectivity index (χ0n) is 13.9. The van der Waals surface area contributed by atoms with Crippen LogP contribution in [0, 0.1) is 25.7 Å². The lowest BCUT2D eigenvalue weighted by Crippen LogP contribution is -2.49. The summed E-state index contributed by atoms with van der Waals surface area (Å²) < 4.78 is 1.89. The Labute approximate surface area is 127 Å². The molecule has 2 N–H and O–H groups in total. The van der Waals surface area contributed by atoms with Crippen LogP contribution in [-0.4, -0.2) is 34.8 Å². The molecular formula is C16H28N4O. The van der Waals surface area contributed by atoms with E-state index < -0.39 is 0 Å². The van der Waals surface area contributed by atoms with Gasteiger partial charge in [0.1, 0.15) is 0 Å². The minimum absolute atomic E-state index is 0.0197. The third-order valence-corrected chi connectivity index (χ3v) is 4.73. The Morgan fingerprint density at radius 1 is 1.52 bits per heavy atom. The molecule has 118 valence electrons. The van der Waals surface area contributed by atoms with Crippen molar-refractivity contribution in [3.05, 3.63) is 17.0 Å². The average Bonchev–Trinajstić information content (AvgIpc) is 2.67.